The number of ether oxygens (including phenoxy) is 2. The molecule has 1 unspecified atom stereocenters. The van der Waals surface area contributed by atoms with Crippen molar-refractivity contribution in [2.75, 3.05) is 26.8 Å². The fourth-order valence-corrected chi connectivity index (χ4v) is 4.52. The van der Waals surface area contributed by atoms with Crippen molar-refractivity contribution in [3.8, 4) is 11.5 Å². The third-order valence-electron chi connectivity index (χ3n) is 6.20. The average molecular weight is 391 g/mol. The number of hydrogen-bond donors (Lipinski definition) is 0. The van der Waals surface area contributed by atoms with Gasteiger partial charge in [-0.1, -0.05) is 12.5 Å². The predicted molar refractivity (Wildman–Crippen MR) is 99.9 cm³/mol. The molecule has 0 bridgehead atoms. The minimum atomic E-state index is -0.898. The molecule has 1 aliphatic carbocycles. The van der Waals surface area contributed by atoms with Crippen LogP contribution in [0.4, 0.5) is 13.2 Å². The Morgan fingerprint density at radius 3 is 2.50 bits per heavy atom. The van der Waals surface area contributed by atoms with E-state index in [1.807, 2.05) is 6.07 Å². The van der Waals surface area contributed by atoms with Gasteiger partial charge in [0.2, 0.25) is 0 Å². The number of likely N-dealkylation sites (tertiary alicyclic amines) is 1. The number of hydrogen-bond acceptors (Lipinski definition) is 3. The van der Waals surface area contributed by atoms with E-state index in [0.29, 0.717) is 24.8 Å². The standard InChI is InChI=1S/C22H24F3NO2/c1-27-21-6-3-15(9-20(21)25)11-26-12-16(22(14-26)7-2-8-22)13-28-17-4-5-18(23)19(24)10-17/h3-6,9-10,16H,2,7-8,11-14H2,1H3. The van der Waals surface area contributed by atoms with E-state index in [1.165, 1.54) is 25.7 Å². The van der Waals surface area contributed by atoms with Gasteiger partial charge in [-0.3, -0.25) is 4.90 Å². The first kappa shape index (κ1) is 19.1. The average Bonchev–Trinajstić information content (AvgIpc) is 3.02. The van der Waals surface area contributed by atoms with Gasteiger partial charge in [-0.2, -0.15) is 0 Å². The van der Waals surface area contributed by atoms with Gasteiger partial charge in [-0.25, -0.2) is 13.2 Å². The molecule has 0 aromatic heterocycles. The highest BCUT2D eigenvalue weighted by Crippen LogP contribution is 2.52. The van der Waals surface area contributed by atoms with Gasteiger partial charge in [0.1, 0.15) is 5.75 Å². The van der Waals surface area contributed by atoms with Crippen LogP contribution in [0, 0.1) is 28.8 Å². The number of halogens is 3. The molecule has 1 spiro atoms. The van der Waals surface area contributed by atoms with Gasteiger partial charge in [-0.05, 0) is 48.1 Å². The van der Waals surface area contributed by atoms with E-state index in [1.54, 1.807) is 6.07 Å². The number of methoxy groups -OCH3 is 1. The molecular weight excluding hydrogens is 367 g/mol. The van der Waals surface area contributed by atoms with Gasteiger partial charge in [0, 0.05) is 31.6 Å². The van der Waals surface area contributed by atoms with Gasteiger partial charge in [0.25, 0.3) is 0 Å². The van der Waals surface area contributed by atoms with Crippen LogP contribution in [0.15, 0.2) is 36.4 Å². The molecule has 1 aliphatic heterocycles. The Kier molecular flexibility index (Phi) is 5.23. The highest BCUT2D eigenvalue weighted by molar-refractivity contribution is 5.29. The fraction of sp³-hybridized carbons (Fsp3) is 0.455. The van der Waals surface area contributed by atoms with E-state index in [0.717, 1.165) is 43.6 Å². The summed E-state index contributed by atoms with van der Waals surface area (Å²) in [6, 6.07) is 8.71. The van der Waals surface area contributed by atoms with Crippen LogP contribution in [0.1, 0.15) is 24.8 Å². The van der Waals surface area contributed by atoms with Gasteiger partial charge in [0.15, 0.2) is 23.2 Å². The Labute approximate surface area is 163 Å². The van der Waals surface area contributed by atoms with Crippen molar-refractivity contribution in [1.29, 1.82) is 0 Å². The minimum Gasteiger partial charge on any atom is -0.494 e. The van der Waals surface area contributed by atoms with Crippen molar-refractivity contribution in [3.63, 3.8) is 0 Å². The van der Waals surface area contributed by atoms with E-state index in [-0.39, 0.29) is 17.0 Å². The summed E-state index contributed by atoms with van der Waals surface area (Å²) in [4.78, 5) is 2.33. The van der Waals surface area contributed by atoms with Crippen LogP contribution in [0.25, 0.3) is 0 Å². The first-order valence-electron chi connectivity index (χ1n) is 9.62. The number of rotatable bonds is 6. The Hall–Kier alpha value is -2.21. The van der Waals surface area contributed by atoms with Crippen molar-refractivity contribution in [2.45, 2.75) is 25.8 Å². The second-order valence-corrected chi connectivity index (χ2v) is 7.94. The lowest BCUT2D eigenvalue weighted by Gasteiger charge is -2.42. The molecule has 0 radical (unpaired) electrons. The van der Waals surface area contributed by atoms with Gasteiger partial charge < -0.3 is 9.47 Å². The van der Waals surface area contributed by atoms with E-state index in [2.05, 4.69) is 4.90 Å². The van der Waals surface area contributed by atoms with Gasteiger partial charge >= 0.3 is 0 Å². The van der Waals surface area contributed by atoms with E-state index >= 15 is 0 Å². The molecule has 1 atom stereocenters. The third-order valence-corrected chi connectivity index (χ3v) is 6.20. The quantitative estimate of drug-likeness (QED) is 0.707. The van der Waals surface area contributed by atoms with E-state index < -0.39 is 11.6 Å². The molecule has 2 aromatic rings. The molecule has 1 saturated carbocycles. The summed E-state index contributed by atoms with van der Waals surface area (Å²) in [6.07, 6.45) is 3.49. The highest BCUT2D eigenvalue weighted by Gasteiger charge is 2.50. The van der Waals surface area contributed by atoms with E-state index in [9.17, 15) is 13.2 Å². The van der Waals surface area contributed by atoms with Crippen molar-refractivity contribution in [3.05, 3.63) is 59.4 Å². The second kappa shape index (κ2) is 7.66. The van der Waals surface area contributed by atoms with Crippen LogP contribution >= 0.6 is 0 Å². The lowest BCUT2D eigenvalue weighted by Crippen LogP contribution is -2.39. The molecule has 2 fully saturated rings. The third kappa shape index (κ3) is 3.70. The molecule has 0 amide bonds. The Balaban J connectivity index is 1.41. The molecule has 1 saturated heterocycles. The maximum Gasteiger partial charge on any atom is 0.165 e. The maximum absolute atomic E-state index is 14.0. The van der Waals surface area contributed by atoms with Crippen LogP contribution in [-0.4, -0.2) is 31.7 Å². The molecule has 2 aromatic carbocycles. The first-order valence-corrected chi connectivity index (χ1v) is 9.62. The Morgan fingerprint density at radius 1 is 1.04 bits per heavy atom. The second-order valence-electron chi connectivity index (χ2n) is 7.94. The zero-order valence-corrected chi connectivity index (χ0v) is 15.9. The molecular formula is C22H24F3NO2. The summed E-state index contributed by atoms with van der Waals surface area (Å²) in [6.45, 7) is 2.94. The lowest BCUT2D eigenvalue weighted by atomic mass is 9.63. The van der Waals surface area contributed by atoms with Crippen LogP contribution < -0.4 is 9.47 Å². The fourth-order valence-electron chi connectivity index (χ4n) is 4.52. The Bertz CT molecular complexity index is 854. The molecule has 3 nitrogen and oxygen atoms in total. The number of nitrogens with zero attached hydrogens (tertiary/aromatic N) is 1. The Morgan fingerprint density at radius 2 is 1.86 bits per heavy atom. The van der Waals surface area contributed by atoms with Crippen LogP contribution in [0.3, 0.4) is 0 Å². The molecule has 28 heavy (non-hydrogen) atoms. The maximum atomic E-state index is 14.0. The molecule has 2 aliphatic rings. The van der Waals surface area contributed by atoms with Crippen molar-refractivity contribution < 1.29 is 22.6 Å². The molecule has 0 N–H and O–H groups in total. The van der Waals surface area contributed by atoms with Crippen LogP contribution in [-0.2, 0) is 6.54 Å². The minimum absolute atomic E-state index is 0.212. The van der Waals surface area contributed by atoms with Crippen molar-refractivity contribution >= 4 is 0 Å². The lowest BCUT2D eigenvalue weighted by molar-refractivity contribution is 0.0607. The molecule has 6 heteroatoms. The predicted octanol–water partition coefficient (Wildman–Crippen LogP) is 4.79. The highest BCUT2D eigenvalue weighted by atomic mass is 19.2. The van der Waals surface area contributed by atoms with Crippen LogP contribution in [0.5, 0.6) is 11.5 Å². The number of benzene rings is 2. The normalized spacial score (nSPS) is 20.9. The van der Waals surface area contributed by atoms with Crippen molar-refractivity contribution in [2.24, 2.45) is 11.3 Å². The van der Waals surface area contributed by atoms with Crippen molar-refractivity contribution in [1.82, 2.24) is 4.90 Å². The van der Waals surface area contributed by atoms with Crippen LogP contribution in [0.2, 0.25) is 0 Å². The molecule has 1 heterocycles. The summed E-state index contributed by atoms with van der Waals surface area (Å²) >= 11 is 0. The summed E-state index contributed by atoms with van der Waals surface area (Å²) in [7, 11) is 1.45. The molecule has 150 valence electrons. The SMILES string of the molecule is COc1ccc(CN2CC(COc3ccc(F)c(F)c3)C3(CCC3)C2)cc1F. The topological polar surface area (TPSA) is 21.7 Å². The zero-order chi connectivity index (χ0) is 19.7. The largest absolute Gasteiger partial charge is 0.494 e. The first-order chi connectivity index (χ1) is 13.5. The smallest absolute Gasteiger partial charge is 0.165 e. The van der Waals surface area contributed by atoms with Gasteiger partial charge in [0.05, 0.1) is 13.7 Å². The molecule has 4 rings (SSSR count). The summed E-state index contributed by atoms with van der Waals surface area (Å²) in [5, 5.41) is 0. The summed E-state index contributed by atoms with van der Waals surface area (Å²) in [5.41, 5.74) is 1.12. The summed E-state index contributed by atoms with van der Waals surface area (Å²) in [5.74, 6) is -1.21. The summed E-state index contributed by atoms with van der Waals surface area (Å²) < 4.78 is 51.2. The monoisotopic (exact) mass is 391 g/mol. The van der Waals surface area contributed by atoms with Gasteiger partial charge in [-0.15, -0.1) is 0 Å². The van der Waals surface area contributed by atoms with E-state index in [4.69, 9.17) is 9.47 Å². The zero-order valence-electron chi connectivity index (χ0n) is 15.9.